The minimum atomic E-state index is -0.890. The molecular formula is C19H21NO5. The number of aliphatic carboxylic acids is 1. The predicted molar refractivity (Wildman–Crippen MR) is 94.3 cm³/mol. The normalized spacial score (nSPS) is 11.6. The first kappa shape index (κ1) is 18.5. The van der Waals surface area contributed by atoms with Gasteiger partial charge in [-0.2, -0.15) is 0 Å². The molecule has 0 radical (unpaired) electrons. The van der Waals surface area contributed by atoms with E-state index in [1.54, 1.807) is 62.6 Å². The number of carboxylic acid groups (broad SMARTS) is 1. The van der Waals surface area contributed by atoms with Crippen LogP contribution >= 0.6 is 0 Å². The maximum Gasteiger partial charge on any atom is 0.310 e. The molecule has 1 unspecified atom stereocenters. The number of amides is 1. The van der Waals surface area contributed by atoms with E-state index in [9.17, 15) is 9.59 Å². The molecule has 2 aromatic carbocycles. The number of hydrogen-bond acceptors (Lipinski definition) is 4. The summed E-state index contributed by atoms with van der Waals surface area (Å²) in [7, 11) is 1.58. The Morgan fingerprint density at radius 1 is 1.08 bits per heavy atom. The predicted octanol–water partition coefficient (Wildman–Crippen LogP) is 3.15. The van der Waals surface area contributed by atoms with Crippen molar-refractivity contribution in [2.75, 3.05) is 25.6 Å². The summed E-state index contributed by atoms with van der Waals surface area (Å²) in [6.07, 6.45) is 0. The number of methoxy groups -OCH3 is 1. The summed E-state index contributed by atoms with van der Waals surface area (Å²) in [5.74, 6) is -1.31. The summed E-state index contributed by atoms with van der Waals surface area (Å²) in [6, 6.07) is 13.7. The van der Waals surface area contributed by atoms with Crippen molar-refractivity contribution in [3.05, 3.63) is 59.7 Å². The second-order valence-electron chi connectivity index (χ2n) is 5.47. The van der Waals surface area contributed by atoms with Crippen molar-refractivity contribution in [1.82, 2.24) is 0 Å². The Balaban J connectivity index is 2.08. The van der Waals surface area contributed by atoms with Gasteiger partial charge in [-0.15, -0.1) is 0 Å². The highest BCUT2D eigenvalue weighted by Gasteiger charge is 2.15. The highest BCUT2D eigenvalue weighted by Crippen LogP contribution is 2.21. The third-order valence-electron chi connectivity index (χ3n) is 3.72. The van der Waals surface area contributed by atoms with Gasteiger partial charge in [0, 0.05) is 12.8 Å². The van der Waals surface area contributed by atoms with Gasteiger partial charge in [-0.3, -0.25) is 9.59 Å². The molecule has 0 saturated heterocycles. The number of rotatable bonds is 8. The molecule has 2 N–H and O–H groups in total. The van der Waals surface area contributed by atoms with Gasteiger partial charge in [-0.1, -0.05) is 24.3 Å². The Labute approximate surface area is 146 Å². The lowest BCUT2D eigenvalue weighted by atomic mass is 10.0. The highest BCUT2D eigenvalue weighted by molar-refractivity contribution is 6.06. The zero-order chi connectivity index (χ0) is 18.2. The van der Waals surface area contributed by atoms with Crippen LogP contribution in [0.4, 0.5) is 5.69 Å². The fourth-order valence-corrected chi connectivity index (χ4v) is 2.21. The van der Waals surface area contributed by atoms with E-state index in [0.29, 0.717) is 35.8 Å². The Kier molecular flexibility index (Phi) is 6.54. The van der Waals surface area contributed by atoms with E-state index < -0.39 is 11.9 Å². The molecule has 0 aliphatic heterocycles. The van der Waals surface area contributed by atoms with Gasteiger partial charge in [0.1, 0.15) is 12.4 Å². The fraction of sp³-hybridized carbons (Fsp3) is 0.263. The second-order valence-corrected chi connectivity index (χ2v) is 5.47. The first-order valence-corrected chi connectivity index (χ1v) is 7.87. The number of benzene rings is 2. The maximum absolute atomic E-state index is 12.5. The van der Waals surface area contributed by atoms with Crippen LogP contribution in [0.2, 0.25) is 0 Å². The number of hydrogen-bond donors (Lipinski definition) is 2. The number of anilines is 1. The monoisotopic (exact) mass is 343 g/mol. The van der Waals surface area contributed by atoms with Gasteiger partial charge in [0.25, 0.3) is 5.91 Å². The van der Waals surface area contributed by atoms with Gasteiger partial charge in [-0.05, 0) is 36.8 Å². The Morgan fingerprint density at radius 3 is 2.40 bits per heavy atom. The summed E-state index contributed by atoms with van der Waals surface area (Å²) in [6.45, 7) is 2.39. The van der Waals surface area contributed by atoms with E-state index in [2.05, 4.69) is 5.32 Å². The minimum Gasteiger partial charge on any atom is -0.490 e. The van der Waals surface area contributed by atoms with Crippen LogP contribution in [0.15, 0.2) is 48.5 Å². The van der Waals surface area contributed by atoms with Crippen LogP contribution in [0.5, 0.6) is 5.75 Å². The minimum absolute atomic E-state index is 0.299. The third kappa shape index (κ3) is 5.06. The lowest BCUT2D eigenvalue weighted by Crippen LogP contribution is -2.15. The zero-order valence-electron chi connectivity index (χ0n) is 14.2. The van der Waals surface area contributed by atoms with Crippen molar-refractivity contribution in [2.45, 2.75) is 12.8 Å². The van der Waals surface area contributed by atoms with E-state index >= 15 is 0 Å². The van der Waals surface area contributed by atoms with E-state index in [4.69, 9.17) is 14.6 Å². The number of nitrogens with one attached hydrogen (secondary N) is 1. The Hall–Kier alpha value is -2.86. The lowest BCUT2D eigenvalue weighted by molar-refractivity contribution is -0.138. The molecule has 6 nitrogen and oxygen atoms in total. The molecule has 0 heterocycles. The van der Waals surface area contributed by atoms with Crippen molar-refractivity contribution in [3.8, 4) is 5.75 Å². The molecule has 0 saturated carbocycles. The second kappa shape index (κ2) is 8.84. The van der Waals surface area contributed by atoms with Crippen LogP contribution in [0.3, 0.4) is 0 Å². The molecule has 25 heavy (non-hydrogen) atoms. The first-order valence-electron chi connectivity index (χ1n) is 7.87. The Bertz CT molecular complexity index is 727. The van der Waals surface area contributed by atoms with Gasteiger partial charge in [0.05, 0.1) is 18.1 Å². The topological polar surface area (TPSA) is 84.9 Å². The molecule has 0 spiro atoms. The van der Waals surface area contributed by atoms with Crippen molar-refractivity contribution in [3.63, 3.8) is 0 Å². The number of carboxylic acids is 1. The van der Waals surface area contributed by atoms with E-state index in [0.717, 1.165) is 0 Å². The fourth-order valence-electron chi connectivity index (χ4n) is 2.21. The molecule has 0 fully saturated rings. The van der Waals surface area contributed by atoms with Crippen LogP contribution in [-0.2, 0) is 9.53 Å². The molecule has 132 valence electrons. The molecule has 6 heteroatoms. The molecule has 1 atom stereocenters. The van der Waals surface area contributed by atoms with Crippen LogP contribution in [0, 0.1) is 0 Å². The molecule has 0 aliphatic carbocycles. The SMILES string of the molecule is COCCOc1ccccc1C(=O)Nc1ccc(C(C)C(=O)O)cc1. The van der Waals surface area contributed by atoms with Crippen LogP contribution in [0.1, 0.15) is 28.8 Å². The van der Waals surface area contributed by atoms with Crippen molar-refractivity contribution < 1.29 is 24.2 Å². The number of carbonyl (C=O) groups excluding carboxylic acids is 1. The smallest absolute Gasteiger partial charge is 0.310 e. The van der Waals surface area contributed by atoms with Crippen molar-refractivity contribution in [1.29, 1.82) is 0 Å². The van der Waals surface area contributed by atoms with Gasteiger partial charge in [-0.25, -0.2) is 0 Å². The summed E-state index contributed by atoms with van der Waals surface area (Å²) in [4.78, 5) is 23.5. The molecule has 1 amide bonds. The van der Waals surface area contributed by atoms with Crippen molar-refractivity contribution >= 4 is 17.6 Å². The van der Waals surface area contributed by atoms with E-state index in [1.165, 1.54) is 0 Å². The Morgan fingerprint density at radius 2 is 1.76 bits per heavy atom. The molecule has 2 aromatic rings. The standard InChI is InChI=1S/C19H21NO5/c1-13(19(22)23)14-7-9-15(10-8-14)20-18(21)16-5-3-4-6-17(16)25-12-11-24-2/h3-10,13H,11-12H2,1-2H3,(H,20,21)(H,22,23). The van der Waals surface area contributed by atoms with Gasteiger partial charge in [0.2, 0.25) is 0 Å². The quantitative estimate of drug-likeness (QED) is 0.719. The van der Waals surface area contributed by atoms with Crippen molar-refractivity contribution in [2.24, 2.45) is 0 Å². The summed E-state index contributed by atoms with van der Waals surface area (Å²) >= 11 is 0. The summed E-state index contributed by atoms with van der Waals surface area (Å²) < 4.78 is 10.5. The number of para-hydroxylation sites is 1. The van der Waals surface area contributed by atoms with Crippen LogP contribution in [0.25, 0.3) is 0 Å². The number of ether oxygens (including phenoxy) is 2. The first-order chi connectivity index (χ1) is 12.0. The van der Waals surface area contributed by atoms with Gasteiger partial charge in [0.15, 0.2) is 0 Å². The lowest BCUT2D eigenvalue weighted by Gasteiger charge is -2.12. The summed E-state index contributed by atoms with van der Waals surface area (Å²) in [5.41, 5.74) is 1.67. The average molecular weight is 343 g/mol. The van der Waals surface area contributed by atoms with Crippen LogP contribution < -0.4 is 10.1 Å². The third-order valence-corrected chi connectivity index (χ3v) is 3.72. The molecule has 0 aliphatic rings. The highest BCUT2D eigenvalue weighted by atomic mass is 16.5. The summed E-state index contributed by atoms with van der Waals surface area (Å²) in [5, 5.41) is 11.8. The molecule has 0 bridgehead atoms. The maximum atomic E-state index is 12.5. The molecular weight excluding hydrogens is 322 g/mol. The van der Waals surface area contributed by atoms with Gasteiger partial charge < -0.3 is 19.9 Å². The van der Waals surface area contributed by atoms with E-state index in [-0.39, 0.29) is 5.91 Å². The van der Waals surface area contributed by atoms with E-state index in [1.807, 2.05) is 0 Å². The molecule has 0 aromatic heterocycles. The average Bonchev–Trinajstić information content (AvgIpc) is 2.62. The largest absolute Gasteiger partial charge is 0.490 e. The molecule has 2 rings (SSSR count). The van der Waals surface area contributed by atoms with Crippen LogP contribution in [-0.4, -0.2) is 37.3 Å². The zero-order valence-corrected chi connectivity index (χ0v) is 14.2. The van der Waals surface area contributed by atoms with Gasteiger partial charge >= 0.3 is 5.97 Å². The number of carbonyl (C=O) groups is 2.